The first-order valence-corrected chi connectivity index (χ1v) is 8.79. The van der Waals surface area contributed by atoms with Gasteiger partial charge in [-0.25, -0.2) is 0 Å². The first-order chi connectivity index (χ1) is 12.4. The topological polar surface area (TPSA) is 60.7 Å². The molecule has 0 radical (unpaired) electrons. The molecule has 3 heteroatoms. The fourth-order valence-corrected chi connectivity index (χ4v) is 3.41. The Balaban J connectivity index is 2.00. The first kappa shape index (κ1) is 17.9. The molecule has 0 aliphatic heterocycles. The summed E-state index contributed by atoms with van der Waals surface area (Å²) in [6.45, 7) is 3.98. The number of rotatable bonds is 5. The number of hydrogen-bond acceptors (Lipinski definition) is 3. The lowest BCUT2D eigenvalue weighted by Crippen LogP contribution is -2.08. The van der Waals surface area contributed by atoms with Crippen molar-refractivity contribution < 1.29 is 15.3 Å². The molecule has 0 spiro atoms. The van der Waals surface area contributed by atoms with Crippen molar-refractivity contribution in [2.24, 2.45) is 0 Å². The molecule has 3 rings (SSSR count). The van der Waals surface area contributed by atoms with Crippen molar-refractivity contribution in [1.29, 1.82) is 0 Å². The van der Waals surface area contributed by atoms with Gasteiger partial charge in [-0.3, -0.25) is 0 Å². The van der Waals surface area contributed by atoms with Gasteiger partial charge in [0.05, 0.1) is 0 Å². The Bertz CT molecular complexity index is 862. The van der Waals surface area contributed by atoms with Crippen LogP contribution >= 0.6 is 0 Å². The van der Waals surface area contributed by atoms with Crippen LogP contribution in [-0.2, 0) is 12.8 Å². The van der Waals surface area contributed by atoms with Crippen LogP contribution in [0.25, 0.3) is 0 Å². The maximum atomic E-state index is 10.4. The Morgan fingerprint density at radius 1 is 0.654 bits per heavy atom. The second-order valence-corrected chi connectivity index (χ2v) is 6.93. The van der Waals surface area contributed by atoms with E-state index >= 15 is 0 Å². The molecule has 3 aromatic carbocycles. The second kappa shape index (κ2) is 7.52. The highest BCUT2D eigenvalue weighted by Gasteiger charge is 2.20. The van der Waals surface area contributed by atoms with Crippen molar-refractivity contribution in [3.8, 4) is 17.2 Å². The molecule has 0 saturated heterocycles. The third-order valence-corrected chi connectivity index (χ3v) is 4.78. The molecule has 0 aliphatic rings. The highest BCUT2D eigenvalue weighted by atomic mass is 16.3. The van der Waals surface area contributed by atoms with Crippen LogP contribution in [0.4, 0.5) is 0 Å². The summed E-state index contributed by atoms with van der Waals surface area (Å²) in [4.78, 5) is 0. The fraction of sp³-hybridized carbons (Fsp3) is 0.217. The van der Waals surface area contributed by atoms with E-state index in [4.69, 9.17) is 0 Å². The maximum absolute atomic E-state index is 10.4. The first-order valence-electron chi connectivity index (χ1n) is 8.79. The molecule has 0 bridgehead atoms. The van der Waals surface area contributed by atoms with Gasteiger partial charge in [0.1, 0.15) is 17.2 Å². The van der Waals surface area contributed by atoms with Crippen LogP contribution in [0.3, 0.4) is 0 Å². The number of aromatic hydroxyl groups is 3. The molecule has 3 N–H and O–H groups in total. The Hall–Kier alpha value is -2.94. The van der Waals surface area contributed by atoms with Crippen molar-refractivity contribution in [2.75, 3.05) is 0 Å². The SMILES string of the molecule is Cc1ccc(O)c(CC(Cc2cc(C)ccc2O)c2ccccc2O)c1. The van der Waals surface area contributed by atoms with Gasteiger partial charge in [0.15, 0.2) is 0 Å². The van der Waals surface area contributed by atoms with E-state index in [1.165, 1.54) is 0 Å². The van der Waals surface area contributed by atoms with Gasteiger partial charge < -0.3 is 15.3 Å². The van der Waals surface area contributed by atoms with Crippen molar-refractivity contribution in [1.82, 2.24) is 0 Å². The average Bonchev–Trinajstić information content (AvgIpc) is 2.61. The van der Waals surface area contributed by atoms with Crippen molar-refractivity contribution in [2.45, 2.75) is 32.6 Å². The van der Waals surface area contributed by atoms with E-state index in [2.05, 4.69) is 0 Å². The summed E-state index contributed by atoms with van der Waals surface area (Å²) in [6, 6.07) is 18.4. The Morgan fingerprint density at radius 3 is 1.65 bits per heavy atom. The van der Waals surface area contributed by atoms with Gasteiger partial charge in [-0.2, -0.15) is 0 Å². The third kappa shape index (κ3) is 3.99. The standard InChI is InChI=1S/C23H24O3/c1-15-7-9-21(24)18(11-15)13-17(20-5-3-4-6-23(20)26)14-19-12-16(2)8-10-22(19)25/h3-12,17,24-26H,13-14H2,1-2H3. The molecule has 0 fully saturated rings. The van der Waals surface area contributed by atoms with E-state index in [0.29, 0.717) is 12.8 Å². The molecule has 0 heterocycles. The van der Waals surface area contributed by atoms with Crippen LogP contribution in [0.2, 0.25) is 0 Å². The van der Waals surface area contributed by atoms with Gasteiger partial charge in [-0.15, -0.1) is 0 Å². The summed E-state index contributed by atoms with van der Waals surface area (Å²) in [7, 11) is 0. The smallest absolute Gasteiger partial charge is 0.119 e. The molecule has 3 aromatic rings. The van der Waals surface area contributed by atoms with Crippen LogP contribution in [0.1, 0.15) is 33.7 Å². The molecule has 0 saturated carbocycles. The molecular weight excluding hydrogens is 324 g/mol. The largest absolute Gasteiger partial charge is 0.508 e. The summed E-state index contributed by atoms with van der Waals surface area (Å²) in [5, 5.41) is 30.9. The quantitative estimate of drug-likeness (QED) is 0.609. The van der Waals surface area contributed by atoms with Crippen molar-refractivity contribution in [3.63, 3.8) is 0 Å². The van der Waals surface area contributed by atoms with Gasteiger partial charge in [0.2, 0.25) is 0 Å². The van der Waals surface area contributed by atoms with E-state index in [-0.39, 0.29) is 23.2 Å². The van der Waals surface area contributed by atoms with Crippen LogP contribution < -0.4 is 0 Å². The normalized spacial score (nSPS) is 11.0. The van der Waals surface area contributed by atoms with E-state index in [9.17, 15) is 15.3 Å². The van der Waals surface area contributed by atoms with Crippen LogP contribution in [-0.4, -0.2) is 15.3 Å². The minimum Gasteiger partial charge on any atom is -0.508 e. The highest BCUT2D eigenvalue weighted by molar-refractivity contribution is 5.43. The van der Waals surface area contributed by atoms with E-state index in [1.54, 1.807) is 24.3 Å². The number of para-hydroxylation sites is 1. The molecule has 0 atom stereocenters. The molecule has 3 nitrogen and oxygen atoms in total. The Labute approximate surface area is 154 Å². The predicted molar refractivity (Wildman–Crippen MR) is 104 cm³/mol. The Kier molecular flexibility index (Phi) is 5.17. The monoisotopic (exact) mass is 348 g/mol. The minimum atomic E-state index is -0.0726. The van der Waals surface area contributed by atoms with E-state index in [1.807, 2.05) is 50.2 Å². The van der Waals surface area contributed by atoms with E-state index in [0.717, 1.165) is 27.8 Å². The maximum Gasteiger partial charge on any atom is 0.119 e. The van der Waals surface area contributed by atoms with Gasteiger partial charge in [-0.05, 0) is 67.5 Å². The third-order valence-electron chi connectivity index (χ3n) is 4.78. The minimum absolute atomic E-state index is 0.0726. The highest BCUT2D eigenvalue weighted by Crippen LogP contribution is 2.35. The van der Waals surface area contributed by atoms with Crippen LogP contribution in [0, 0.1) is 13.8 Å². The van der Waals surface area contributed by atoms with Gasteiger partial charge in [0, 0.05) is 0 Å². The van der Waals surface area contributed by atoms with E-state index < -0.39 is 0 Å². The number of hydrogen-bond donors (Lipinski definition) is 3. The average molecular weight is 348 g/mol. The molecule has 0 aliphatic carbocycles. The summed E-state index contributed by atoms with van der Waals surface area (Å²) in [6.07, 6.45) is 1.14. The summed E-state index contributed by atoms with van der Waals surface area (Å²) in [5.74, 6) is 0.669. The number of aryl methyl sites for hydroxylation is 2. The lowest BCUT2D eigenvalue weighted by molar-refractivity contribution is 0.446. The summed E-state index contributed by atoms with van der Waals surface area (Å²) in [5.41, 5.74) is 4.64. The zero-order valence-electron chi connectivity index (χ0n) is 15.1. The van der Waals surface area contributed by atoms with Gasteiger partial charge in [-0.1, -0.05) is 53.6 Å². The summed E-state index contributed by atoms with van der Waals surface area (Å²) >= 11 is 0. The molecule has 26 heavy (non-hydrogen) atoms. The van der Waals surface area contributed by atoms with Crippen molar-refractivity contribution >= 4 is 0 Å². The number of phenolic OH excluding ortho intramolecular Hbond substituents is 3. The molecule has 0 amide bonds. The Morgan fingerprint density at radius 2 is 1.15 bits per heavy atom. The zero-order valence-corrected chi connectivity index (χ0v) is 15.1. The fourth-order valence-electron chi connectivity index (χ4n) is 3.41. The van der Waals surface area contributed by atoms with Gasteiger partial charge >= 0.3 is 0 Å². The molecule has 0 unspecified atom stereocenters. The van der Waals surface area contributed by atoms with Crippen molar-refractivity contribution in [3.05, 3.63) is 88.5 Å². The summed E-state index contributed by atoms with van der Waals surface area (Å²) < 4.78 is 0. The lowest BCUT2D eigenvalue weighted by atomic mass is 9.85. The molecule has 0 aromatic heterocycles. The predicted octanol–water partition coefficient (Wildman–Crippen LogP) is 4.99. The van der Waals surface area contributed by atoms with Crippen LogP contribution in [0.15, 0.2) is 60.7 Å². The number of benzene rings is 3. The second-order valence-electron chi connectivity index (χ2n) is 6.93. The molecular formula is C23H24O3. The van der Waals surface area contributed by atoms with Gasteiger partial charge in [0.25, 0.3) is 0 Å². The van der Waals surface area contributed by atoms with Crippen LogP contribution in [0.5, 0.6) is 17.2 Å². The molecule has 134 valence electrons. The lowest BCUT2D eigenvalue weighted by Gasteiger charge is -2.20. The zero-order chi connectivity index (χ0) is 18.7. The number of phenols is 3.